The summed E-state index contributed by atoms with van der Waals surface area (Å²) in [5.74, 6) is -0.394. The molecular formula is C20H32N2O7. The minimum absolute atomic E-state index is 0.113. The van der Waals surface area contributed by atoms with Crippen LogP contribution in [0.25, 0.3) is 0 Å². The third-order valence-electron chi connectivity index (χ3n) is 3.71. The van der Waals surface area contributed by atoms with Gasteiger partial charge in [0.25, 0.3) is 0 Å². The fourth-order valence-corrected chi connectivity index (χ4v) is 2.40. The highest BCUT2D eigenvalue weighted by Crippen LogP contribution is 2.17. The Balaban J connectivity index is 0.000000447. The van der Waals surface area contributed by atoms with Gasteiger partial charge in [-0.05, 0) is 57.7 Å². The first-order valence-electron chi connectivity index (χ1n) is 9.51. The lowest BCUT2D eigenvalue weighted by Gasteiger charge is -2.22. The van der Waals surface area contributed by atoms with Gasteiger partial charge in [0.05, 0.1) is 6.61 Å². The predicted octanol–water partition coefficient (Wildman–Crippen LogP) is 2.57. The summed E-state index contributed by atoms with van der Waals surface area (Å²) in [6, 6.07) is 5.70. The summed E-state index contributed by atoms with van der Waals surface area (Å²) in [5, 5.41) is 8.82. The molecule has 164 valence electrons. The molecule has 2 atom stereocenters. The largest absolute Gasteiger partial charge is 0.491 e. The van der Waals surface area contributed by atoms with Crippen LogP contribution < -0.4 is 16.2 Å². The summed E-state index contributed by atoms with van der Waals surface area (Å²) in [4.78, 5) is 20.8. The fraction of sp³-hybridized carbons (Fsp3) is 0.600. The summed E-state index contributed by atoms with van der Waals surface area (Å²) in [6.07, 6.45) is 2.33. The topological polar surface area (TPSA) is 143 Å². The number of amides is 1. The number of rotatable bonds is 7. The molecule has 0 unspecified atom stereocenters. The van der Waals surface area contributed by atoms with Crippen LogP contribution in [-0.2, 0) is 19.0 Å². The van der Waals surface area contributed by atoms with Crippen molar-refractivity contribution in [3.8, 4) is 5.75 Å². The van der Waals surface area contributed by atoms with Crippen LogP contribution in [0, 0.1) is 0 Å². The number of hydrogen-bond acceptors (Lipinski definition) is 7. The number of carboxylic acids is 1. The van der Waals surface area contributed by atoms with E-state index in [1.165, 1.54) is 0 Å². The van der Waals surface area contributed by atoms with E-state index in [4.69, 9.17) is 30.8 Å². The lowest BCUT2D eigenvalue weighted by atomic mass is 10.1. The molecule has 0 aromatic heterocycles. The van der Waals surface area contributed by atoms with Gasteiger partial charge in [-0.15, -0.1) is 0 Å². The second-order valence-corrected chi connectivity index (χ2v) is 7.43. The second kappa shape index (κ2) is 12.3. The molecule has 1 heterocycles. The molecule has 0 saturated carbocycles. The first-order valence-corrected chi connectivity index (χ1v) is 9.51. The van der Waals surface area contributed by atoms with Crippen molar-refractivity contribution in [2.24, 2.45) is 11.5 Å². The Morgan fingerprint density at radius 3 is 2.31 bits per heavy atom. The molecule has 2 rings (SSSR count). The number of hydrogen-bond donors (Lipinski definition) is 3. The highest BCUT2D eigenvalue weighted by atomic mass is 16.7. The van der Waals surface area contributed by atoms with Crippen molar-refractivity contribution in [3.63, 3.8) is 0 Å². The van der Waals surface area contributed by atoms with E-state index in [0.29, 0.717) is 24.5 Å². The molecule has 1 amide bonds. The Morgan fingerprint density at radius 1 is 1.21 bits per heavy atom. The van der Waals surface area contributed by atoms with Crippen molar-refractivity contribution in [1.29, 1.82) is 0 Å². The predicted molar refractivity (Wildman–Crippen MR) is 106 cm³/mol. The molecule has 9 nitrogen and oxygen atoms in total. The summed E-state index contributed by atoms with van der Waals surface area (Å²) >= 11 is 0. The number of carbonyl (C=O) groups excluding carboxylic acids is 1. The Morgan fingerprint density at radius 2 is 1.86 bits per heavy atom. The Labute approximate surface area is 171 Å². The number of benzene rings is 1. The van der Waals surface area contributed by atoms with E-state index in [1.54, 1.807) is 45.0 Å². The van der Waals surface area contributed by atoms with Gasteiger partial charge < -0.3 is 35.5 Å². The van der Waals surface area contributed by atoms with Gasteiger partial charge in [0.15, 0.2) is 6.29 Å². The average molecular weight is 412 g/mol. The van der Waals surface area contributed by atoms with E-state index in [2.05, 4.69) is 4.74 Å². The quantitative estimate of drug-likeness (QED) is 0.580. The van der Waals surface area contributed by atoms with Crippen LogP contribution in [0.2, 0.25) is 0 Å². The summed E-state index contributed by atoms with van der Waals surface area (Å²) in [6.45, 7) is 6.93. The molecule has 0 radical (unpaired) electrons. The van der Waals surface area contributed by atoms with Crippen LogP contribution in [0.15, 0.2) is 24.3 Å². The van der Waals surface area contributed by atoms with Crippen LogP contribution in [0.5, 0.6) is 5.75 Å². The van der Waals surface area contributed by atoms with E-state index in [-0.39, 0.29) is 6.29 Å². The lowest BCUT2D eigenvalue weighted by molar-refractivity contribution is -0.165. The highest BCUT2D eigenvalue weighted by molar-refractivity contribution is 5.75. The van der Waals surface area contributed by atoms with Crippen molar-refractivity contribution in [3.05, 3.63) is 29.8 Å². The van der Waals surface area contributed by atoms with E-state index < -0.39 is 23.7 Å². The van der Waals surface area contributed by atoms with Crippen LogP contribution in [-0.4, -0.2) is 48.9 Å². The summed E-state index contributed by atoms with van der Waals surface area (Å²) < 4.78 is 21.1. The zero-order chi connectivity index (χ0) is 21.9. The van der Waals surface area contributed by atoms with Crippen molar-refractivity contribution >= 4 is 12.1 Å². The molecule has 0 bridgehead atoms. The van der Waals surface area contributed by atoms with Gasteiger partial charge in [0.1, 0.15) is 24.0 Å². The average Bonchev–Trinajstić information content (AvgIpc) is 2.64. The molecule has 1 aromatic carbocycles. The molecule has 1 aromatic rings. The van der Waals surface area contributed by atoms with Gasteiger partial charge in [0.2, 0.25) is 0 Å². The SMILES string of the molecule is CC(C)(C)OC(N)=O.N[C@@H](C(=O)O)c1ccc(OCCO[C@@H]2CCCCO2)cc1. The first kappa shape index (κ1) is 24.7. The standard InChI is InChI=1S/C15H21NO5.C5H11NO2/c16-14(15(17)18)11-4-6-12(7-5-11)19-9-10-21-13-3-1-2-8-20-13;1-5(2,3)8-4(6)7/h4-7,13-14H,1-3,8-10,16H2,(H,17,18);1-3H3,(H2,6,7)/t13-,14-;/m1./s1. The number of carbonyl (C=O) groups is 2. The van der Waals surface area contributed by atoms with Crippen molar-refractivity contribution < 1.29 is 33.6 Å². The maximum atomic E-state index is 10.8. The molecule has 9 heteroatoms. The third-order valence-corrected chi connectivity index (χ3v) is 3.71. The monoisotopic (exact) mass is 412 g/mol. The molecule has 0 aliphatic carbocycles. The van der Waals surface area contributed by atoms with Gasteiger partial charge in [-0.25, -0.2) is 4.79 Å². The van der Waals surface area contributed by atoms with Crippen molar-refractivity contribution in [1.82, 2.24) is 0 Å². The fourth-order valence-electron chi connectivity index (χ4n) is 2.40. The van der Waals surface area contributed by atoms with Crippen LogP contribution in [0.1, 0.15) is 51.6 Å². The zero-order valence-corrected chi connectivity index (χ0v) is 17.3. The first-order chi connectivity index (χ1) is 13.6. The molecule has 1 saturated heterocycles. The molecule has 0 spiro atoms. The minimum Gasteiger partial charge on any atom is -0.491 e. The van der Waals surface area contributed by atoms with Gasteiger partial charge in [-0.1, -0.05) is 12.1 Å². The van der Waals surface area contributed by atoms with Crippen molar-refractivity contribution in [2.45, 2.75) is 58.0 Å². The lowest BCUT2D eigenvalue weighted by Crippen LogP contribution is -2.27. The van der Waals surface area contributed by atoms with Gasteiger partial charge in [-0.2, -0.15) is 0 Å². The second-order valence-electron chi connectivity index (χ2n) is 7.43. The smallest absolute Gasteiger partial charge is 0.405 e. The Hall–Kier alpha value is -2.36. The number of carboxylic acid groups (broad SMARTS) is 1. The number of primary amides is 1. The number of ether oxygens (including phenoxy) is 4. The Kier molecular flexibility index (Phi) is 10.4. The van der Waals surface area contributed by atoms with Gasteiger partial charge >= 0.3 is 12.1 Å². The summed E-state index contributed by atoms with van der Waals surface area (Å²) in [5.41, 5.74) is 10.3. The molecule has 1 fully saturated rings. The van der Waals surface area contributed by atoms with E-state index in [0.717, 1.165) is 25.9 Å². The van der Waals surface area contributed by atoms with Crippen LogP contribution in [0.3, 0.4) is 0 Å². The zero-order valence-electron chi connectivity index (χ0n) is 17.3. The number of aliphatic carboxylic acids is 1. The maximum Gasteiger partial charge on any atom is 0.405 e. The Bertz CT molecular complexity index is 623. The molecular weight excluding hydrogens is 380 g/mol. The minimum atomic E-state index is -1.05. The van der Waals surface area contributed by atoms with E-state index >= 15 is 0 Å². The summed E-state index contributed by atoms with van der Waals surface area (Å²) in [7, 11) is 0. The van der Waals surface area contributed by atoms with Crippen LogP contribution >= 0.6 is 0 Å². The van der Waals surface area contributed by atoms with Crippen molar-refractivity contribution in [2.75, 3.05) is 19.8 Å². The van der Waals surface area contributed by atoms with E-state index in [1.807, 2.05) is 0 Å². The molecule has 1 aliphatic rings. The number of nitrogens with two attached hydrogens (primary N) is 2. The molecule has 1 aliphatic heterocycles. The molecule has 29 heavy (non-hydrogen) atoms. The third kappa shape index (κ3) is 11.3. The normalized spacial score (nSPS) is 17.4. The highest BCUT2D eigenvalue weighted by Gasteiger charge is 2.15. The molecule has 5 N–H and O–H groups in total. The van der Waals surface area contributed by atoms with Gasteiger partial charge in [0, 0.05) is 6.61 Å². The van der Waals surface area contributed by atoms with Crippen LogP contribution in [0.4, 0.5) is 4.79 Å². The van der Waals surface area contributed by atoms with E-state index in [9.17, 15) is 9.59 Å². The van der Waals surface area contributed by atoms with Gasteiger partial charge in [-0.3, -0.25) is 4.79 Å². The maximum absolute atomic E-state index is 10.8.